The maximum absolute atomic E-state index is 10.4. The fourth-order valence-electron chi connectivity index (χ4n) is 6.22. The first-order valence-electron chi connectivity index (χ1n) is 9.97. The molecule has 0 saturated heterocycles. The Hall–Kier alpha value is -0.980. The van der Waals surface area contributed by atoms with Crippen molar-refractivity contribution < 1.29 is 5.11 Å². The second kappa shape index (κ2) is 5.83. The summed E-state index contributed by atoms with van der Waals surface area (Å²) in [7, 11) is 0. The van der Waals surface area contributed by atoms with Crippen molar-refractivity contribution >= 4 is 0 Å². The number of hydrogen-bond acceptors (Lipinski definition) is 1. The van der Waals surface area contributed by atoms with Crippen LogP contribution in [0.4, 0.5) is 0 Å². The Kier molecular flexibility index (Phi) is 3.94. The van der Waals surface area contributed by atoms with Gasteiger partial charge in [0.2, 0.25) is 0 Å². The Labute approximate surface area is 141 Å². The summed E-state index contributed by atoms with van der Waals surface area (Å²) in [5, 5.41) is 10.4. The number of rotatable bonds is 3. The molecule has 1 heteroatoms. The van der Waals surface area contributed by atoms with Gasteiger partial charge in [-0.1, -0.05) is 32.8 Å². The molecule has 1 aromatic carbocycles. The van der Waals surface area contributed by atoms with Gasteiger partial charge in [0, 0.05) is 0 Å². The molecule has 1 nitrogen and oxygen atoms in total. The zero-order valence-electron chi connectivity index (χ0n) is 14.9. The molecule has 2 saturated carbocycles. The Morgan fingerprint density at radius 1 is 1.17 bits per heavy atom. The standard InChI is InChI=1S/C22H32O/c1-3-4-6-16-13-19-15(14-21(16)23)8-9-18-17(19)10-12-22(2)11-5-7-20(18)22/h13-14,17-18,20,23H,3-12H2,1-2H3/t17-,18+,20-,22-/m0/s1. The lowest BCUT2D eigenvalue weighted by atomic mass is 9.56. The van der Waals surface area contributed by atoms with Crippen LogP contribution in [0.2, 0.25) is 0 Å². The number of phenols is 1. The van der Waals surface area contributed by atoms with E-state index in [-0.39, 0.29) is 0 Å². The second-order valence-electron chi connectivity index (χ2n) is 8.78. The smallest absolute Gasteiger partial charge is 0.119 e. The monoisotopic (exact) mass is 312 g/mol. The third kappa shape index (κ3) is 2.51. The van der Waals surface area contributed by atoms with E-state index in [2.05, 4.69) is 26.0 Å². The van der Waals surface area contributed by atoms with Crippen LogP contribution in [0.1, 0.15) is 87.8 Å². The van der Waals surface area contributed by atoms with Crippen LogP contribution in [-0.4, -0.2) is 5.11 Å². The first-order valence-corrected chi connectivity index (χ1v) is 9.97. The molecule has 3 aliphatic carbocycles. The molecule has 0 heterocycles. The third-order valence-electron chi connectivity index (χ3n) is 7.50. The van der Waals surface area contributed by atoms with Crippen molar-refractivity contribution in [3.63, 3.8) is 0 Å². The largest absolute Gasteiger partial charge is 0.508 e. The van der Waals surface area contributed by atoms with Gasteiger partial charge in [0.05, 0.1) is 0 Å². The fourth-order valence-corrected chi connectivity index (χ4v) is 6.22. The van der Waals surface area contributed by atoms with E-state index in [0.29, 0.717) is 11.2 Å². The molecular weight excluding hydrogens is 280 g/mol. The van der Waals surface area contributed by atoms with Crippen molar-refractivity contribution in [1.82, 2.24) is 0 Å². The lowest BCUT2D eigenvalue weighted by Gasteiger charge is -2.49. The van der Waals surface area contributed by atoms with Crippen LogP contribution < -0.4 is 0 Å². The topological polar surface area (TPSA) is 20.2 Å². The van der Waals surface area contributed by atoms with Gasteiger partial charge in [0.1, 0.15) is 5.75 Å². The lowest BCUT2D eigenvalue weighted by Crippen LogP contribution is -2.39. The second-order valence-corrected chi connectivity index (χ2v) is 8.78. The summed E-state index contributed by atoms with van der Waals surface area (Å²) in [6, 6.07) is 4.51. The molecule has 126 valence electrons. The van der Waals surface area contributed by atoms with Crippen molar-refractivity contribution in [2.45, 2.75) is 84.0 Å². The zero-order valence-corrected chi connectivity index (χ0v) is 14.9. The zero-order chi connectivity index (χ0) is 16.0. The van der Waals surface area contributed by atoms with Crippen molar-refractivity contribution in [2.75, 3.05) is 0 Å². The molecule has 0 spiro atoms. The van der Waals surface area contributed by atoms with Gasteiger partial charge >= 0.3 is 0 Å². The maximum atomic E-state index is 10.4. The van der Waals surface area contributed by atoms with Gasteiger partial charge < -0.3 is 5.11 Å². The maximum Gasteiger partial charge on any atom is 0.119 e. The van der Waals surface area contributed by atoms with Gasteiger partial charge in [-0.15, -0.1) is 0 Å². The normalized spacial score (nSPS) is 35.5. The molecule has 2 fully saturated rings. The number of benzene rings is 1. The molecule has 0 amide bonds. The highest BCUT2D eigenvalue weighted by molar-refractivity contribution is 5.45. The lowest BCUT2D eigenvalue weighted by molar-refractivity contribution is 0.0598. The van der Waals surface area contributed by atoms with E-state index in [1.54, 1.807) is 5.56 Å². The number of hydrogen-bond donors (Lipinski definition) is 1. The summed E-state index contributed by atoms with van der Waals surface area (Å²) >= 11 is 0. The molecule has 23 heavy (non-hydrogen) atoms. The molecule has 0 radical (unpaired) electrons. The third-order valence-corrected chi connectivity index (χ3v) is 7.50. The van der Waals surface area contributed by atoms with Crippen LogP contribution in [0.25, 0.3) is 0 Å². The van der Waals surface area contributed by atoms with Crippen LogP contribution in [0.3, 0.4) is 0 Å². The number of phenolic OH excluding ortho intramolecular Hbond substituents is 1. The van der Waals surface area contributed by atoms with E-state index in [1.165, 1.54) is 68.9 Å². The van der Waals surface area contributed by atoms with Gasteiger partial charge in [-0.25, -0.2) is 0 Å². The molecule has 4 atom stereocenters. The van der Waals surface area contributed by atoms with Crippen molar-refractivity contribution in [1.29, 1.82) is 0 Å². The van der Waals surface area contributed by atoms with Gasteiger partial charge in [-0.3, -0.25) is 0 Å². The summed E-state index contributed by atoms with van der Waals surface area (Å²) in [6.07, 6.45) is 13.1. The Bertz CT molecular complexity index is 590. The first kappa shape index (κ1) is 15.5. The number of aryl methyl sites for hydroxylation is 2. The van der Waals surface area contributed by atoms with Crippen LogP contribution in [0.15, 0.2) is 12.1 Å². The van der Waals surface area contributed by atoms with Crippen LogP contribution >= 0.6 is 0 Å². The highest BCUT2D eigenvalue weighted by Crippen LogP contribution is 2.61. The molecule has 0 unspecified atom stereocenters. The molecule has 3 aliphatic rings. The van der Waals surface area contributed by atoms with E-state index in [9.17, 15) is 5.11 Å². The summed E-state index contributed by atoms with van der Waals surface area (Å²) in [4.78, 5) is 0. The number of fused-ring (bicyclic) bond motifs is 5. The SMILES string of the molecule is CCCCc1cc2c(cc1O)CC[C@@H]1[C@@H]2CC[C@]2(C)CCC[C@@H]12. The van der Waals surface area contributed by atoms with Crippen molar-refractivity contribution in [2.24, 2.45) is 17.3 Å². The number of aromatic hydroxyl groups is 1. The summed E-state index contributed by atoms with van der Waals surface area (Å²) < 4.78 is 0. The van der Waals surface area contributed by atoms with Crippen LogP contribution in [0, 0.1) is 17.3 Å². The van der Waals surface area contributed by atoms with Crippen LogP contribution in [0.5, 0.6) is 5.75 Å². The van der Waals surface area contributed by atoms with Crippen molar-refractivity contribution in [3.05, 3.63) is 28.8 Å². The van der Waals surface area contributed by atoms with E-state index >= 15 is 0 Å². The van der Waals surface area contributed by atoms with E-state index in [4.69, 9.17) is 0 Å². The van der Waals surface area contributed by atoms with Gasteiger partial charge in [-0.05, 0) is 97.3 Å². The molecule has 0 aliphatic heterocycles. The van der Waals surface area contributed by atoms with Gasteiger partial charge in [-0.2, -0.15) is 0 Å². The Morgan fingerprint density at radius 2 is 2.04 bits per heavy atom. The minimum absolute atomic E-state index is 0.553. The predicted octanol–water partition coefficient (Wildman–Crippen LogP) is 5.98. The molecular formula is C22H32O. The average molecular weight is 312 g/mol. The summed E-state index contributed by atoms with van der Waals surface area (Å²) in [5.74, 6) is 3.20. The molecule has 1 aromatic rings. The minimum Gasteiger partial charge on any atom is -0.508 e. The van der Waals surface area contributed by atoms with Crippen LogP contribution in [-0.2, 0) is 12.8 Å². The molecule has 0 aromatic heterocycles. The Morgan fingerprint density at radius 3 is 2.87 bits per heavy atom. The van der Waals surface area contributed by atoms with E-state index < -0.39 is 0 Å². The average Bonchev–Trinajstić information content (AvgIpc) is 2.94. The Balaban J connectivity index is 1.67. The molecule has 4 rings (SSSR count). The minimum atomic E-state index is 0.553. The van der Waals surface area contributed by atoms with E-state index in [1.807, 2.05) is 0 Å². The van der Waals surface area contributed by atoms with Gasteiger partial charge in [0.15, 0.2) is 0 Å². The summed E-state index contributed by atoms with van der Waals surface area (Å²) in [5.41, 5.74) is 4.90. The molecule has 0 bridgehead atoms. The predicted molar refractivity (Wildman–Crippen MR) is 96.0 cm³/mol. The first-order chi connectivity index (χ1) is 11.1. The van der Waals surface area contributed by atoms with Gasteiger partial charge in [0.25, 0.3) is 0 Å². The fraction of sp³-hybridized carbons (Fsp3) is 0.727. The number of unbranched alkanes of at least 4 members (excludes halogenated alkanes) is 1. The quantitative estimate of drug-likeness (QED) is 0.727. The highest BCUT2D eigenvalue weighted by atomic mass is 16.3. The van der Waals surface area contributed by atoms with E-state index in [0.717, 1.165) is 24.2 Å². The summed E-state index contributed by atoms with van der Waals surface area (Å²) in [6.45, 7) is 4.80. The highest BCUT2D eigenvalue weighted by Gasteiger charge is 2.50. The molecule has 1 N–H and O–H groups in total. The van der Waals surface area contributed by atoms with Crippen molar-refractivity contribution in [3.8, 4) is 5.75 Å².